The largest absolute Gasteiger partial charge is 0.497 e. The van der Waals surface area contributed by atoms with Gasteiger partial charge in [0.1, 0.15) is 22.7 Å². The van der Waals surface area contributed by atoms with Crippen molar-refractivity contribution in [3.05, 3.63) is 63.7 Å². The number of aromatic nitrogens is 1. The van der Waals surface area contributed by atoms with Gasteiger partial charge >= 0.3 is 12.1 Å². The lowest BCUT2D eigenvalue weighted by Gasteiger charge is -2.38. The number of hydrogen-bond donors (Lipinski definition) is 1. The third-order valence-corrected chi connectivity index (χ3v) is 6.18. The number of piperazine rings is 1. The molecule has 0 spiro atoms. The van der Waals surface area contributed by atoms with Gasteiger partial charge in [-0.25, -0.2) is 9.18 Å². The van der Waals surface area contributed by atoms with Gasteiger partial charge in [0.05, 0.1) is 23.7 Å². The minimum absolute atomic E-state index is 0.0452. The number of methoxy groups -OCH3 is 1. The first-order valence-electron chi connectivity index (χ1n) is 10.9. The fourth-order valence-electron chi connectivity index (χ4n) is 4.49. The maximum absolute atomic E-state index is 15.3. The van der Waals surface area contributed by atoms with E-state index in [0.717, 1.165) is 22.5 Å². The van der Waals surface area contributed by atoms with Crippen molar-refractivity contribution in [3.8, 4) is 5.75 Å². The Morgan fingerprint density at radius 2 is 1.69 bits per heavy atom. The van der Waals surface area contributed by atoms with Gasteiger partial charge in [0.15, 0.2) is 0 Å². The standard InChI is InChI=1S/C24H23F4N3O4/c1-3-29-13-17(23(33)34)22(32)16-12-18(25)21(19(20(16)29)24(26,27)28)31-10-8-30(9-11-31)14-4-6-15(35-2)7-5-14/h4-7,12-13H,3,8-11H2,1-2H3,(H,33,34). The van der Waals surface area contributed by atoms with Gasteiger partial charge in [-0.15, -0.1) is 0 Å². The predicted molar refractivity (Wildman–Crippen MR) is 123 cm³/mol. The molecular formula is C24H23F4N3O4. The number of carboxylic acid groups (broad SMARTS) is 1. The van der Waals surface area contributed by atoms with Crippen LogP contribution in [-0.2, 0) is 12.7 Å². The first-order chi connectivity index (χ1) is 16.6. The molecule has 0 unspecified atom stereocenters. The number of carboxylic acids is 1. The number of fused-ring (bicyclic) bond motifs is 1. The van der Waals surface area contributed by atoms with Crippen molar-refractivity contribution in [2.45, 2.75) is 19.6 Å². The fourth-order valence-corrected chi connectivity index (χ4v) is 4.49. The van der Waals surface area contributed by atoms with Crippen molar-refractivity contribution in [3.63, 3.8) is 0 Å². The van der Waals surface area contributed by atoms with Crippen LogP contribution in [0.5, 0.6) is 5.75 Å². The quantitative estimate of drug-likeness (QED) is 0.537. The number of benzene rings is 2. The molecule has 2 aromatic carbocycles. The normalized spacial score (nSPS) is 14.5. The van der Waals surface area contributed by atoms with Crippen LogP contribution in [-0.4, -0.2) is 48.9 Å². The first kappa shape index (κ1) is 24.4. The molecule has 4 rings (SSSR count). The molecule has 186 valence electrons. The maximum atomic E-state index is 15.3. The summed E-state index contributed by atoms with van der Waals surface area (Å²) in [6, 6.07) is 7.96. The van der Waals surface area contributed by atoms with E-state index < -0.39 is 51.1 Å². The summed E-state index contributed by atoms with van der Waals surface area (Å²) in [5.41, 5.74) is -3.44. The number of rotatable bonds is 5. The van der Waals surface area contributed by atoms with Crippen molar-refractivity contribution in [1.82, 2.24) is 4.57 Å². The Morgan fingerprint density at radius 1 is 1.09 bits per heavy atom. The average Bonchev–Trinajstić information content (AvgIpc) is 2.83. The second kappa shape index (κ2) is 9.12. The molecule has 1 aromatic heterocycles. The number of pyridine rings is 1. The van der Waals surface area contributed by atoms with Crippen molar-refractivity contribution in [1.29, 1.82) is 0 Å². The maximum Gasteiger partial charge on any atom is 0.420 e. The van der Waals surface area contributed by atoms with Crippen LogP contribution in [0.1, 0.15) is 22.8 Å². The zero-order chi connectivity index (χ0) is 25.5. The number of aromatic carboxylic acids is 1. The van der Waals surface area contributed by atoms with E-state index in [1.165, 1.54) is 11.8 Å². The second-order valence-electron chi connectivity index (χ2n) is 8.11. The number of alkyl halides is 3. The Bertz CT molecular complexity index is 1330. The van der Waals surface area contributed by atoms with E-state index >= 15 is 4.39 Å². The van der Waals surface area contributed by atoms with E-state index in [9.17, 15) is 27.9 Å². The molecule has 1 saturated heterocycles. The molecule has 1 fully saturated rings. The van der Waals surface area contributed by atoms with Gasteiger partial charge in [-0.3, -0.25) is 4.79 Å². The van der Waals surface area contributed by atoms with Crippen LogP contribution < -0.4 is 20.0 Å². The lowest BCUT2D eigenvalue weighted by molar-refractivity contribution is -0.136. The highest BCUT2D eigenvalue weighted by Crippen LogP contribution is 2.43. The van der Waals surface area contributed by atoms with E-state index in [2.05, 4.69) is 0 Å². The molecule has 0 saturated carbocycles. The number of hydrogen-bond acceptors (Lipinski definition) is 5. The smallest absolute Gasteiger partial charge is 0.420 e. The fraction of sp³-hybridized carbons (Fsp3) is 0.333. The van der Waals surface area contributed by atoms with Crippen LogP contribution in [0.3, 0.4) is 0 Å². The Kier molecular flexibility index (Phi) is 6.35. The molecular weight excluding hydrogens is 470 g/mol. The van der Waals surface area contributed by atoms with Crippen LogP contribution in [0.15, 0.2) is 41.3 Å². The van der Waals surface area contributed by atoms with Crippen LogP contribution >= 0.6 is 0 Å². The van der Waals surface area contributed by atoms with E-state index in [-0.39, 0.29) is 19.6 Å². The Hall–Kier alpha value is -3.76. The minimum atomic E-state index is -4.99. The number of nitrogens with zero attached hydrogens (tertiary/aromatic N) is 3. The van der Waals surface area contributed by atoms with Crippen molar-refractivity contribution in [2.75, 3.05) is 43.1 Å². The summed E-state index contributed by atoms with van der Waals surface area (Å²) >= 11 is 0. The number of anilines is 2. The van der Waals surface area contributed by atoms with Crippen molar-refractivity contribution >= 4 is 28.2 Å². The van der Waals surface area contributed by atoms with Crippen molar-refractivity contribution in [2.24, 2.45) is 0 Å². The second-order valence-corrected chi connectivity index (χ2v) is 8.11. The minimum Gasteiger partial charge on any atom is -0.497 e. The van der Waals surface area contributed by atoms with Gasteiger partial charge in [0.2, 0.25) is 5.43 Å². The summed E-state index contributed by atoms with van der Waals surface area (Å²) in [5, 5.41) is 8.69. The van der Waals surface area contributed by atoms with E-state index in [4.69, 9.17) is 4.74 Å². The molecule has 7 nitrogen and oxygen atoms in total. The zero-order valence-corrected chi connectivity index (χ0v) is 19.0. The highest BCUT2D eigenvalue weighted by Gasteiger charge is 2.41. The molecule has 35 heavy (non-hydrogen) atoms. The predicted octanol–water partition coefficient (Wildman–Crippen LogP) is 4.21. The van der Waals surface area contributed by atoms with E-state index in [0.29, 0.717) is 18.8 Å². The third kappa shape index (κ3) is 4.38. The first-order valence-corrected chi connectivity index (χ1v) is 10.9. The van der Waals surface area contributed by atoms with Crippen molar-refractivity contribution < 1.29 is 32.2 Å². The number of halogens is 4. The van der Waals surface area contributed by atoms with Gasteiger partial charge in [-0.2, -0.15) is 13.2 Å². The molecule has 0 radical (unpaired) electrons. The van der Waals surface area contributed by atoms with E-state index in [1.54, 1.807) is 19.2 Å². The lowest BCUT2D eigenvalue weighted by Crippen LogP contribution is -2.47. The number of carbonyl (C=O) groups is 1. The van der Waals surface area contributed by atoms with Gasteiger partial charge in [-0.05, 0) is 37.3 Å². The summed E-state index contributed by atoms with van der Waals surface area (Å²) < 4.78 is 64.6. The van der Waals surface area contributed by atoms with E-state index in [1.807, 2.05) is 17.0 Å². The monoisotopic (exact) mass is 493 g/mol. The molecule has 1 aliphatic rings. The summed E-state index contributed by atoms with van der Waals surface area (Å²) in [6.45, 7) is 2.39. The summed E-state index contributed by atoms with van der Waals surface area (Å²) in [7, 11) is 1.55. The molecule has 0 atom stereocenters. The Labute approximate surface area is 197 Å². The molecule has 1 aliphatic heterocycles. The molecule has 0 amide bonds. The third-order valence-electron chi connectivity index (χ3n) is 6.18. The molecule has 3 aromatic rings. The van der Waals surface area contributed by atoms with Gasteiger partial charge in [0.25, 0.3) is 0 Å². The highest BCUT2D eigenvalue weighted by atomic mass is 19.4. The molecule has 1 N–H and O–H groups in total. The zero-order valence-electron chi connectivity index (χ0n) is 19.0. The topological polar surface area (TPSA) is 75.0 Å². The Balaban J connectivity index is 1.80. The van der Waals surface area contributed by atoms with Gasteiger partial charge in [-0.1, -0.05) is 0 Å². The Morgan fingerprint density at radius 3 is 2.20 bits per heavy atom. The summed E-state index contributed by atoms with van der Waals surface area (Å²) in [5.74, 6) is -2.13. The summed E-state index contributed by atoms with van der Waals surface area (Å²) in [4.78, 5) is 27.4. The molecule has 11 heteroatoms. The van der Waals surface area contributed by atoms with Crippen LogP contribution in [0.4, 0.5) is 28.9 Å². The SMILES string of the molecule is CCn1cc(C(=O)O)c(=O)c2cc(F)c(N3CCN(c4ccc(OC)cc4)CC3)c(C(F)(F)F)c21. The summed E-state index contributed by atoms with van der Waals surface area (Å²) in [6.07, 6.45) is -4.11. The van der Waals surface area contributed by atoms with Crippen LogP contribution in [0.25, 0.3) is 10.9 Å². The lowest BCUT2D eigenvalue weighted by atomic mass is 10.0. The molecule has 0 aliphatic carbocycles. The average molecular weight is 493 g/mol. The number of ether oxygens (including phenoxy) is 1. The molecule has 2 heterocycles. The van der Waals surface area contributed by atoms with Gasteiger partial charge < -0.3 is 24.2 Å². The highest BCUT2D eigenvalue weighted by molar-refractivity contribution is 5.95. The van der Waals surface area contributed by atoms with Gasteiger partial charge in [0, 0.05) is 44.6 Å². The molecule has 0 bridgehead atoms. The van der Waals surface area contributed by atoms with Crippen LogP contribution in [0, 0.1) is 5.82 Å². The van der Waals surface area contributed by atoms with Crippen LogP contribution in [0.2, 0.25) is 0 Å². The number of aryl methyl sites for hydroxylation is 1.